The minimum absolute atomic E-state index is 0.0291. The first-order valence-electron chi connectivity index (χ1n) is 9.94. The summed E-state index contributed by atoms with van der Waals surface area (Å²) in [4.78, 5) is 12.4. The van der Waals surface area contributed by atoms with Crippen LogP contribution in [0.25, 0.3) is 0 Å². The molecule has 0 bridgehead atoms. The van der Waals surface area contributed by atoms with E-state index >= 15 is 0 Å². The molecule has 0 atom stereocenters. The Balaban J connectivity index is 1.82. The normalized spacial score (nSPS) is 19.4. The molecule has 2 saturated carbocycles. The molecule has 5 heteroatoms. The van der Waals surface area contributed by atoms with Gasteiger partial charge in [0.15, 0.2) is 0 Å². The summed E-state index contributed by atoms with van der Waals surface area (Å²) in [5, 5.41) is 7.84. The number of rotatable bonds is 6. The third-order valence-electron chi connectivity index (χ3n) is 5.41. The molecule has 27 heavy (non-hydrogen) atoms. The van der Waals surface area contributed by atoms with E-state index in [-0.39, 0.29) is 11.0 Å². The molecule has 2 aliphatic rings. The first kappa shape index (κ1) is 19.8. The summed E-state index contributed by atoms with van der Waals surface area (Å²) in [5.41, 5.74) is -0.0680. The third kappa shape index (κ3) is 4.88. The van der Waals surface area contributed by atoms with Crippen molar-refractivity contribution < 1.29 is 18.7 Å². The second-order valence-electron chi connectivity index (χ2n) is 9.00. The molecule has 0 aromatic heterocycles. The number of hydrogen-bond donors (Lipinski definition) is 1. The molecular formula is C22H30FNO3. The summed E-state index contributed by atoms with van der Waals surface area (Å²) in [6.45, 7) is 5.69. The van der Waals surface area contributed by atoms with E-state index in [0.29, 0.717) is 18.3 Å². The van der Waals surface area contributed by atoms with Gasteiger partial charge in [0.1, 0.15) is 17.2 Å². The largest absolute Gasteiger partial charge is 0.492 e. The number of carbonyl (C=O) groups excluding carboxylic acids is 1. The lowest BCUT2D eigenvalue weighted by Gasteiger charge is -2.33. The van der Waals surface area contributed by atoms with Gasteiger partial charge in [0.25, 0.3) is 0 Å². The zero-order chi connectivity index (χ0) is 19.7. The van der Waals surface area contributed by atoms with E-state index in [1.54, 1.807) is 26.8 Å². The minimum Gasteiger partial charge on any atom is -0.492 e. The molecule has 1 aromatic rings. The summed E-state index contributed by atoms with van der Waals surface area (Å²) in [5.74, 6) is -0.439. The van der Waals surface area contributed by atoms with Crippen molar-refractivity contribution in [2.45, 2.75) is 77.2 Å². The fourth-order valence-electron chi connectivity index (χ4n) is 3.71. The van der Waals surface area contributed by atoms with Crippen LogP contribution in [-0.4, -0.2) is 24.4 Å². The van der Waals surface area contributed by atoms with E-state index in [0.717, 1.165) is 44.1 Å². The van der Waals surface area contributed by atoms with Crippen LogP contribution in [0.15, 0.2) is 12.1 Å². The Bertz CT molecular complexity index is 713. The molecule has 2 aliphatic carbocycles. The number of ether oxygens (including phenoxy) is 2. The van der Waals surface area contributed by atoms with Gasteiger partial charge in [-0.2, -0.15) is 0 Å². The summed E-state index contributed by atoms with van der Waals surface area (Å²) < 4.78 is 26.0. The summed E-state index contributed by atoms with van der Waals surface area (Å²) in [7, 11) is 0. The first-order chi connectivity index (χ1) is 12.7. The van der Waals surface area contributed by atoms with Crippen molar-refractivity contribution in [1.82, 2.24) is 0 Å². The Morgan fingerprint density at radius 3 is 2.48 bits per heavy atom. The smallest absolute Gasteiger partial charge is 0.341 e. The highest BCUT2D eigenvalue weighted by Gasteiger charge is 2.34. The second-order valence-corrected chi connectivity index (χ2v) is 9.00. The molecule has 0 saturated heterocycles. The van der Waals surface area contributed by atoms with Gasteiger partial charge in [-0.1, -0.05) is 19.3 Å². The van der Waals surface area contributed by atoms with Gasteiger partial charge in [-0.25, -0.2) is 9.18 Å². The zero-order valence-corrected chi connectivity index (χ0v) is 16.6. The van der Waals surface area contributed by atoms with Gasteiger partial charge >= 0.3 is 5.97 Å². The number of hydrogen-bond acceptors (Lipinski definition) is 4. The quantitative estimate of drug-likeness (QED) is 0.517. The Morgan fingerprint density at radius 2 is 1.93 bits per heavy atom. The monoisotopic (exact) mass is 375 g/mol. The Morgan fingerprint density at radius 1 is 1.26 bits per heavy atom. The van der Waals surface area contributed by atoms with Gasteiger partial charge in [-0.3, -0.25) is 0 Å². The van der Waals surface area contributed by atoms with E-state index in [1.165, 1.54) is 18.7 Å². The molecule has 1 aromatic carbocycles. The van der Waals surface area contributed by atoms with Gasteiger partial charge in [-0.05, 0) is 64.0 Å². The van der Waals surface area contributed by atoms with Crippen LogP contribution in [0.1, 0.15) is 87.6 Å². The average Bonchev–Trinajstić information content (AvgIpc) is 3.44. The Kier molecular flexibility index (Phi) is 5.59. The average molecular weight is 375 g/mol. The van der Waals surface area contributed by atoms with Crippen molar-refractivity contribution in [1.29, 1.82) is 5.41 Å². The van der Waals surface area contributed by atoms with Crippen molar-refractivity contribution in [3.05, 3.63) is 29.1 Å². The molecule has 4 nitrogen and oxygen atoms in total. The maximum atomic E-state index is 14.7. The highest BCUT2D eigenvalue weighted by atomic mass is 19.1. The van der Waals surface area contributed by atoms with E-state index in [9.17, 15) is 9.18 Å². The fraction of sp³-hybridized carbons (Fsp3) is 0.636. The standard InChI is InChI=1S/C22H30FNO3/c1-21(2,3)27-20(25)17-11-16(15-7-8-15)19(12-18(17)23)26-14-22(13-24)9-5-4-6-10-22/h11-13,15,24H,4-10,14H2,1-3H3. The number of nitrogens with one attached hydrogen (secondary N) is 1. The lowest BCUT2D eigenvalue weighted by atomic mass is 9.75. The molecule has 0 amide bonds. The van der Waals surface area contributed by atoms with Crippen LogP contribution in [-0.2, 0) is 4.74 Å². The summed E-state index contributed by atoms with van der Waals surface area (Å²) >= 11 is 0. The Labute approximate surface area is 160 Å². The van der Waals surface area contributed by atoms with Crippen LogP contribution in [0.5, 0.6) is 5.75 Å². The molecule has 148 valence electrons. The highest BCUT2D eigenvalue weighted by Crippen LogP contribution is 2.46. The van der Waals surface area contributed by atoms with E-state index in [2.05, 4.69) is 0 Å². The maximum Gasteiger partial charge on any atom is 0.341 e. The third-order valence-corrected chi connectivity index (χ3v) is 5.41. The molecular weight excluding hydrogens is 345 g/mol. The van der Waals surface area contributed by atoms with E-state index < -0.39 is 17.4 Å². The fourth-order valence-corrected chi connectivity index (χ4v) is 3.71. The molecule has 0 unspecified atom stereocenters. The van der Waals surface area contributed by atoms with Crippen molar-refractivity contribution in [2.75, 3.05) is 6.61 Å². The van der Waals surface area contributed by atoms with Crippen molar-refractivity contribution >= 4 is 12.2 Å². The van der Waals surface area contributed by atoms with Crippen molar-refractivity contribution in [2.24, 2.45) is 5.41 Å². The van der Waals surface area contributed by atoms with Crippen LogP contribution in [0.2, 0.25) is 0 Å². The van der Waals surface area contributed by atoms with Gasteiger partial charge in [0.05, 0.1) is 12.2 Å². The molecule has 2 fully saturated rings. The second kappa shape index (κ2) is 7.61. The maximum absolute atomic E-state index is 14.7. The molecule has 0 radical (unpaired) electrons. The van der Waals surface area contributed by atoms with Crippen molar-refractivity contribution in [3.8, 4) is 5.75 Å². The SMILES string of the molecule is CC(C)(C)OC(=O)c1cc(C2CC2)c(OCC2(C=N)CCCCC2)cc1F. The van der Waals surface area contributed by atoms with Gasteiger partial charge in [0.2, 0.25) is 0 Å². The lowest BCUT2D eigenvalue weighted by Crippen LogP contribution is -2.32. The predicted molar refractivity (Wildman–Crippen MR) is 103 cm³/mol. The van der Waals surface area contributed by atoms with Crippen LogP contribution < -0.4 is 4.74 Å². The van der Waals surface area contributed by atoms with Crippen LogP contribution in [0.3, 0.4) is 0 Å². The molecule has 3 rings (SSSR count). The molecule has 1 N–H and O–H groups in total. The van der Waals surface area contributed by atoms with Gasteiger partial charge < -0.3 is 14.9 Å². The molecule has 0 spiro atoms. The predicted octanol–water partition coefficient (Wildman–Crippen LogP) is 5.64. The van der Waals surface area contributed by atoms with Gasteiger partial charge in [0, 0.05) is 17.7 Å². The van der Waals surface area contributed by atoms with Crippen LogP contribution in [0.4, 0.5) is 4.39 Å². The topological polar surface area (TPSA) is 59.4 Å². The van der Waals surface area contributed by atoms with E-state index in [4.69, 9.17) is 14.9 Å². The zero-order valence-electron chi connectivity index (χ0n) is 16.6. The molecule has 0 heterocycles. The number of halogens is 1. The van der Waals surface area contributed by atoms with Crippen LogP contribution >= 0.6 is 0 Å². The number of carbonyl (C=O) groups is 1. The minimum atomic E-state index is -0.671. The lowest BCUT2D eigenvalue weighted by molar-refractivity contribution is 0.00645. The summed E-state index contributed by atoms with van der Waals surface area (Å²) in [6, 6.07) is 2.93. The number of esters is 1. The van der Waals surface area contributed by atoms with Crippen molar-refractivity contribution in [3.63, 3.8) is 0 Å². The first-order valence-corrected chi connectivity index (χ1v) is 9.94. The van der Waals surface area contributed by atoms with Crippen LogP contribution in [0, 0.1) is 16.6 Å². The molecule has 0 aliphatic heterocycles. The number of benzene rings is 1. The van der Waals surface area contributed by atoms with Gasteiger partial charge in [-0.15, -0.1) is 0 Å². The van der Waals surface area contributed by atoms with E-state index in [1.807, 2.05) is 0 Å². The Hall–Kier alpha value is -1.91. The highest BCUT2D eigenvalue weighted by molar-refractivity contribution is 5.90. The summed E-state index contributed by atoms with van der Waals surface area (Å²) in [6.07, 6.45) is 8.81.